The van der Waals surface area contributed by atoms with Crippen LogP contribution in [0.2, 0.25) is 0 Å². The summed E-state index contributed by atoms with van der Waals surface area (Å²) in [5.41, 5.74) is 1.85. The van der Waals surface area contributed by atoms with Crippen LogP contribution in [0.3, 0.4) is 0 Å². The largest absolute Gasteiger partial charge is 0.490 e. The van der Waals surface area contributed by atoms with Crippen LogP contribution in [0.4, 0.5) is 4.39 Å². The zero-order chi connectivity index (χ0) is 18.1. The molecular weight excluding hydrogens is 321 g/mol. The van der Waals surface area contributed by atoms with Gasteiger partial charge in [0.1, 0.15) is 5.82 Å². The van der Waals surface area contributed by atoms with Gasteiger partial charge in [0.05, 0.1) is 19.6 Å². The van der Waals surface area contributed by atoms with Crippen molar-refractivity contribution in [3.8, 4) is 11.5 Å². The minimum absolute atomic E-state index is 0.0809. The van der Waals surface area contributed by atoms with Crippen LogP contribution < -0.4 is 14.8 Å². The summed E-state index contributed by atoms with van der Waals surface area (Å²) in [6.45, 7) is 5.54. The molecular formula is C20H24FNO3. The average Bonchev–Trinajstić information content (AvgIpc) is 2.59. The maximum atomic E-state index is 12.9. The van der Waals surface area contributed by atoms with E-state index in [2.05, 4.69) is 5.32 Å². The lowest BCUT2D eigenvalue weighted by Gasteiger charge is -2.12. The van der Waals surface area contributed by atoms with Gasteiger partial charge in [0, 0.05) is 6.54 Å². The predicted octanol–water partition coefficient (Wildman–Crippen LogP) is 3.52. The van der Waals surface area contributed by atoms with Gasteiger partial charge in [-0.25, -0.2) is 4.39 Å². The van der Waals surface area contributed by atoms with E-state index in [-0.39, 0.29) is 18.1 Å². The Balaban J connectivity index is 1.85. The number of ether oxygens (including phenoxy) is 2. The second-order valence-electron chi connectivity index (χ2n) is 5.55. The van der Waals surface area contributed by atoms with Crippen molar-refractivity contribution in [3.63, 3.8) is 0 Å². The van der Waals surface area contributed by atoms with Crippen LogP contribution in [0.1, 0.15) is 25.0 Å². The van der Waals surface area contributed by atoms with Crippen LogP contribution in [0, 0.1) is 5.82 Å². The molecule has 0 spiro atoms. The molecule has 0 aliphatic carbocycles. The molecule has 1 N–H and O–H groups in total. The van der Waals surface area contributed by atoms with Gasteiger partial charge in [-0.05, 0) is 55.7 Å². The summed E-state index contributed by atoms with van der Waals surface area (Å²) in [4.78, 5) is 11.9. The predicted molar refractivity (Wildman–Crippen MR) is 95.6 cm³/mol. The SMILES string of the molecule is CCOc1ccc(CCNC(=O)Cc2ccc(F)cc2)cc1OCC. The quantitative estimate of drug-likeness (QED) is 0.756. The van der Waals surface area contributed by atoms with E-state index in [1.165, 1.54) is 12.1 Å². The van der Waals surface area contributed by atoms with Crippen molar-refractivity contribution in [2.75, 3.05) is 19.8 Å². The number of carbonyl (C=O) groups is 1. The molecule has 0 saturated carbocycles. The molecule has 134 valence electrons. The lowest BCUT2D eigenvalue weighted by atomic mass is 10.1. The summed E-state index contributed by atoms with van der Waals surface area (Å²) in [5.74, 6) is 1.07. The first kappa shape index (κ1) is 18.8. The molecule has 2 aromatic carbocycles. The van der Waals surface area contributed by atoms with Crippen LogP contribution in [0.25, 0.3) is 0 Å². The second kappa shape index (κ2) is 9.67. The first-order valence-corrected chi connectivity index (χ1v) is 8.52. The van der Waals surface area contributed by atoms with Crippen LogP contribution in [-0.2, 0) is 17.6 Å². The Morgan fingerprint density at radius 1 is 0.960 bits per heavy atom. The van der Waals surface area contributed by atoms with E-state index in [0.29, 0.717) is 26.2 Å². The molecule has 2 rings (SSSR count). The van der Waals surface area contributed by atoms with Gasteiger partial charge in [-0.1, -0.05) is 18.2 Å². The normalized spacial score (nSPS) is 10.4. The fourth-order valence-corrected chi connectivity index (χ4v) is 2.45. The van der Waals surface area contributed by atoms with Crippen molar-refractivity contribution < 1.29 is 18.7 Å². The maximum Gasteiger partial charge on any atom is 0.224 e. The average molecular weight is 345 g/mol. The van der Waals surface area contributed by atoms with Crippen molar-refractivity contribution in [1.82, 2.24) is 5.32 Å². The van der Waals surface area contributed by atoms with E-state index in [9.17, 15) is 9.18 Å². The van der Waals surface area contributed by atoms with Gasteiger partial charge in [-0.15, -0.1) is 0 Å². The number of rotatable bonds is 9. The molecule has 0 saturated heterocycles. The van der Waals surface area contributed by atoms with Crippen molar-refractivity contribution in [2.45, 2.75) is 26.7 Å². The van der Waals surface area contributed by atoms with Crippen LogP contribution >= 0.6 is 0 Å². The third-order valence-electron chi connectivity index (χ3n) is 3.62. The molecule has 0 heterocycles. The molecule has 0 fully saturated rings. The second-order valence-corrected chi connectivity index (χ2v) is 5.55. The van der Waals surface area contributed by atoms with Gasteiger partial charge >= 0.3 is 0 Å². The number of hydrogen-bond donors (Lipinski definition) is 1. The molecule has 25 heavy (non-hydrogen) atoms. The first-order valence-electron chi connectivity index (χ1n) is 8.52. The Morgan fingerprint density at radius 2 is 1.60 bits per heavy atom. The Kier molecular flexibility index (Phi) is 7.26. The zero-order valence-corrected chi connectivity index (χ0v) is 14.7. The number of benzene rings is 2. The number of nitrogens with one attached hydrogen (secondary N) is 1. The zero-order valence-electron chi connectivity index (χ0n) is 14.7. The summed E-state index contributed by atoms with van der Waals surface area (Å²) >= 11 is 0. The van der Waals surface area contributed by atoms with Crippen molar-refractivity contribution >= 4 is 5.91 Å². The van der Waals surface area contributed by atoms with Gasteiger partial charge in [0.2, 0.25) is 5.91 Å². The molecule has 0 atom stereocenters. The van der Waals surface area contributed by atoms with E-state index in [4.69, 9.17) is 9.47 Å². The number of carbonyl (C=O) groups excluding carboxylic acids is 1. The molecule has 0 radical (unpaired) electrons. The Morgan fingerprint density at radius 3 is 2.28 bits per heavy atom. The summed E-state index contributed by atoms with van der Waals surface area (Å²) in [6.07, 6.45) is 0.940. The highest BCUT2D eigenvalue weighted by atomic mass is 19.1. The highest BCUT2D eigenvalue weighted by molar-refractivity contribution is 5.78. The monoisotopic (exact) mass is 345 g/mol. The van der Waals surface area contributed by atoms with Gasteiger partial charge in [-0.2, -0.15) is 0 Å². The highest BCUT2D eigenvalue weighted by Gasteiger charge is 2.07. The minimum Gasteiger partial charge on any atom is -0.490 e. The lowest BCUT2D eigenvalue weighted by molar-refractivity contribution is -0.120. The van der Waals surface area contributed by atoms with Crippen molar-refractivity contribution in [1.29, 1.82) is 0 Å². The summed E-state index contributed by atoms with van der Waals surface area (Å²) in [7, 11) is 0. The van der Waals surface area contributed by atoms with Gasteiger partial charge < -0.3 is 14.8 Å². The Bertz CT molecular complexity index is 686. The summed E-state index contributed by atoms with van der Waals surface area (Å²) in [5, 5.41) is 2.88. The molecule has 0 aliphatic heterocycles. The highest BCUT2D eigenvalue weighted by Crippen LogP contribution is 2.28. The maximum absolute atomic E-state index is 12.9. The van der Waals surface area contributed by atoms with Gasteiger partial charge in [0.15, 0.2) is 11.5 Å². The standard InChI is InChI=1S/C20H24FNO3/c1-3-24-18-10-7-16(13-19(18)25-4-2)11-12-22-20(23)14-15-5-8-17(21)9-6-15/h5-10,13H,3-4,11-12,14H2,1-2H3,(H,22,23). The number of amides is 1. The Labute approximate surface area is 148 Å². The van der Waals surface area contributed by atoms with E-state index in [1.54, 1.807) is 12.1 Å². The Hall–Kier alpha value is -2.56. The molecule has 0 aromatic heterocycles. The third-order valence-corrected chi connectivity index (χ3v) is 3.62. The van der Waals surface area contributed by atoms with E-state index >= 15 is 0 Å². The van der Waals surface area contributed by atoms with E-state index < -0.39 is 0 Å². The molecule has 4 nitrogen and oxygen atoms in total. The molecule has 0 bridgehead atoms. The fraction of sp³-hybridized carbons (Fsp3) is 0.350. The molecule has 0 aliphatic rings. The summed E-state index contributed by atoms with van der Waals surface area (Å²) in [6, 6.07) is 11.8. The number of hydrogen-bond acceptors (Lipinski definition) is 3. The van der Waals surface area contributed by atoms with Crippen LogP contribution in [0.5, 0.6) is 11.5 Å². The lowest BCUT2D eigenvalue weighted by Crippen LogP contribution is -2.27. The first-order chi connectivity index (χ1) is 12.1. The van der Waals surface area contributed by atoms with Gasteiger partial charge in [0.25, 0.3) is 0 Å². The molecule has 0 unspecified atom stereocenters. The minimum atomic E-state index is -0.301. The number of halogens is 1. The molecule has 2 aromatic rings. The van der Waals surface area contributed by atoms with Crippen molar-refractivity contribution in [2.24, 2.45) is 0 Å². The van der Waals surface area contributed by atoms with Gasteiger partial charge in [-0.3, -0.25) is 4.79 Å². The summed E-state index contributed by atoms with van der Waals surface area (Å²) < 4.78 is 24.0. The third kappa shape index (κ3) is 6.10. The van der Waals surface area contributed by atoms with E-state index in [1.807, 2.05) is 32.0 Å². The topological polar surface area (TPSA) is 47.6 Å². The molecule has 5 heteroatoms. The van der Waals surface area contributed by atoms with Crippen LogP contribution in [-0.4, -0.2) is 25.7 Å². The van der Waals surface area contributed by atoms with E-state index in [0.717, 1.165) is 22.6 Å². The molecule has 1 amide bonds. The fourth-order valence-electron chi connectivity index (χ4n) is 2.45. The van der Waals surface area contributed by atoms with Crippen LogP contribution in [0.15, 0.2) is 42.5 Å². The van der Waals surface area contributed by atoms with Crippen molar-refractivity contribution in [3.05, 3.63) is 59.4 Å². The smallest absolute Gasteiger partial charge is 0.224 e.